The minimum atomic E-state index is -4.64. The summed E-state index contributed by atoms with van der Waals surface area (Å²) in [7, 11) is 0. The predicted molar refractivity (Wildman–Crippen MR) is 43.6 cm³/mol. The maximum absolute atomic E-state index is 11.7. The molecule has 84 valence electrons. The molecule has 0 aliphatic carbocycles. The number of carbonyl (C=O) groups is 1. The van der Waals surface area contributed by atoms with Gasteiger partial charge in [0.25, 0.3) is 0 Å². The zero-order chi connectivity index (χ0) is 11.2. The van der Waals surface area contributed by atoms with Crippen LogP contribution in [0, 0.1) is 0 Å². The van der Waals surface area contributed by atoms with E-state index in [0.717, 1.165) is 0 Å². The van der Waals surface area contributed by atoms with Crippen molar-refractivity contribution >= 4 is 5.91 Å². The van der Waals surface area contributed by atoms with E-state index in [1.807, 2.05) is 0 Å². The topological polar surface area (TPSA) is 61.4 Å². The summed E-state index contributed by atoms with van der Waals surface area (Å²) in [4.78, 5) is 10.7. The number of likely N-dealkylation sites (N-methyl/N-ethyl adjacent to an activating group) is 1. The largest absolute Gasteiger partial charge is 0.415 e. The number of hydrogen-bond donors (Lipinski definition) is 3. The molecule has 0 fully saturated rings. The summed E-state index contributed by atoms with van der Waals surface area (Å²) in [5.74, 6) is -0.401. The molecule has 0 aromatic rings. The molecule has 14 heavy (non-hydrogen) atoms. The van der Waals surface area contributed by atoms with Crippen molar-refractivity contribution in [3.8, 4) is 0 Å². The summed E-state index contributed by atoms with van der Waals surface area (Å²) < 4.78 is 35.2. The Morgan fingerprint density at radius 2 is 2.07 bits per heavy atom. The van der Waals surface area contributed by atoms with Crippen LogP contribution in [0.1, 0.15) is 6.92 Å². The Morgan fingerprint density at radius 3 is 2.50 bits per heavy atom. The number of aliphatic hydroxyl groups is 1. The molecule has 4 nitrogen and oxygen atoms in total. The van der Waals surface area contributed by atoms with Gasteiger partial charge in [-0.3, -0.25) is 4.79 Å². The highest BCUT2D eigenvalue weighted by molar-refractivity contribution is 5.77. The molecule has 0 aliphatic rings. The first kappa shape index (κ1) is 13.2. The Hall–Kier alpha value is -0.820. The number of hydrogen-bond acceptors (Lipinski definition) is 3. The highest BCUT2D eigenvalue weighted by Gasteiger charge is 2.37. The van der Waals surface area contributed by atoms with Gasteiger partial charge in [-0.2, -0.15) is 13.2 Å². The smallest absolute Gasteiger partial charge is 0.382 e. The molecule has 0 rings (SSSR count). The van der Waals surface area contributed by atoms with E-state index in [4.69, 9.17) is 5.11 Å². The molecule has 0 radical (unpaired) electrons. The SMILES string of the molecule is CCNC(=O)CNCC(O)C(F)(F)F. The summed E-state index contributed by atoms with van der Waals surface area (Å²) in [5.41, 5.74) is 0. The van der Waals surface area contributed by atoms with Crippen LogP contribution >= 0.6 is 0 Å². The van der Waals surface area contributed by atoms with E-state index in [2.05, 4.69) is 10.6 Å². The minimum absolute atomic E-state index is 0.235. The van der Waals surface area contributed by atoms with Crippen LogP contribution in [0.2, 0.25) is 0 Å². The van der Waals surface area contributed by atoms with Gasteiger partial charge < -0.3 is 15.7 Å². The number of rotatable bonds is 5. The average molecular weight is 214 g/mol. The Labute approximate surface area is 79.5 Å². The Morgan fingerprint density at radius 1 is 1.50 bits per heavy atom. The van der Waals surface area contributed by atoms with Gasteiger partial charge in [0.1, 0.15) is 0 Å². The molecular weight excluding hydrogens is 201 g/mol. The van der Waals surface area contributed by atoms with Gasteiger partial charge >= 0.3 is 6.18 Å². The molecule has 0 saturated heterocycles. The van der Waals surface area contributed by atoms with Crippen LogP contribution in [-0.4, -0.2) is 42.9 Å². The fraction of sp³-hybridized carbons (Fsp3) is 0.857. The number of nitrogens with one attached hydrogen (secondary N) is 2. The molecule has 0 bridgehead atoms. The van der Waals surface area contributed by atoms with Crippen LogP contribution < -0.4 is 10.6 Å². The Balaban J connectivity index is 3.59. The van der Waals surface area contributed by atoms with Crippen molar-refractivity contribution in [3.63, 3.8) is 0 Å². The molecule has 1 unspecified atom stereocenters. The lowest BCUT2D eigenvalue weighted by Gasteiger charge is -2.14. The number of aliphatic hydroxyl groups excluding tert-OH is 1. The van der Waals surface area contributed by atoms with Crippen LogP contribution in [0.4, 0.5) is 13.2 Å². The Kier molecular flexibility index (Phi) is 5.47. The van der Waals surface area contributed by atoms with Crippen molar-refractivity contribution in [1.29, 1.82) is 0 Å². The third-order valence-corrected chi connectivity index (χ3v) is 1.38. The lowest BCUT2D eigenvalue weighted by Crippen LogP contribution is -2.42. The summed E-state index contributed by atoms with van der Waals surface area (Å²) in [5, 5.41) is 13.1. The van der Waals surface area contributed by atoms with E-state index >= 15 is 0 Å². The van der Waals surface area contributed by atoms with Crippen molar-refractivity contribution < 1.29 is 23.1 Å². The van der Waals surface area contributed by atoms with Gasteiger partial charge in [-0.1, -0.05) is 0 Å². The molecule has 0 heterocycles. The fourth-order valence-electron chi connectivity index (χ4n) is 0.698. The van der Waals surface area contributed by atoms with E-state index in [-0.39, 0.29) is 6.54 Å². The molecule has 0 saturated carbocycles. The van der Waals surface area contributed by atoms with Gasteiger partial charge in [0, 0.05) is 13.1 Å². The van der Waals surface area contributed by atoms with E-state index in [1.165, 1.54) is 0 Å². The monoisotopic (exact) mass is 214 g/mol. The molecule has 7 heteroatoms. The lowest BCUT2D eigenvalue weighted by atomic mass is 10.3. The number of alkyl halides is 3. The summed E-state index contributed by atoms with van der Waals surface area (Å²) in [6.07, 6.45) is -7.08. The second kappa shape index (κ2) is 5.82. The zero-order valence-corrected chi connectivity index (χ0v) is 7.69. The highest BCUT2D eigenvalue weighted by Crippen LogP contribution is 2.18. The van der Waals surface area contributed by atoms with Crippen molar-refractivity contribution in [2.24, 2.45) is 0 Å². The van der Waals surface area contributed by atoms with Gasteiger partial charge in [0.05, 0.1) is 6.54 Å². The molecule has 0 spiro atoms. The standard InChI is InChI=1S/C7H13F3N2O2/c1-2-12-6(14)4-11-3-5(13)7(8,9)10/h5,11,13H,2-4H2,1H3,(H,12,14). The fourth-order valence-corrected chi connectivity index (χ4v) is 0.698. The third-order valence-electron chi connectivity index (χ3n) is 1.38. The van der Waals surface area contributed by atoms with Crippen molar-refractivity contribution in [2.75, 3.05) is 19.6 Å². The number of amides is 1. The maximum atomic E-state index is 11.7. The first-order valence-corrected chi connectivity index (χ1v) is 4.10. The third kappa shape index (κ3) is 5.76. The second-order valence-electron chi connectivity index (χ2n) is 2.64. The van der Waals surface area contributed by atoms with Crippen LogP contribution in [-0.2, 0) is 4.79 Å². The lowest BCUT2D eigenvalue weighted by molar-refractivity contribution is -0.201. The number of carbonyl (C=O) groups excluding carboxylic acids is 1. The summed E-state index contributed by atoms with van der Waals surface area (Å²) >= 11 is 0. The molecular formula is C7H13F3N2O2. The van der Waals surface area contributed by atoms with Gasteiger partial charge in [0.2, 0.25) is 5.91 Å². The van der Waals surface area contributed by atoms with E-state index < -0.39 is 24.7 Å². The van der Waals surface area contributed by atoms with Gasteiger partial charge in [0.15, 0.2) is 6.10 Å². The van der Waals surface area contributed by atoms with Gasteiger partial charge in [-0.25, -0.2) is 0 Å². The average Bonchev–Trinajstić information content (AvgIpc) is 2.02. The van der Waals surface area contributed by atoms with Crippen LogP contribution in [0.3, 0.4) is 0 Å². The van der Waals surface area contributed by atoms with Gasteiger partial charge in [-0.05, 0) is 6.92 Å². The molecule has 1 atom stereocenters. The first-order valence-electron chi connectivity index (χ1n) is 4.10. The molecule has 0 aromatic carbocycles. The summed E-state index contributed by atoms with van der Waals surface area (Å²) in [6.45, 7) is 1.20. The molecule has 1 amide bonds. The van der Waals surface area contributed by atoms with Crippen molar-refractivity contribution in [2.45, 2.75) is 19.2 Å². The summed E-state index contributed by atoms with van der Waals surface area (Å²) in [6, 6.07) is 0. The quantitative estimate of drug-likeness (QED) is 0.585. The van der Waals surface area contributed by atoms with Crippen molar-refractivity contribution in [3.05, 3.63) is 0 Å². The second-order valence-corrected chi connectivity index (χ2v) is 2.64. The molecule has 0 aromatic heterocycles. The van der Waals surface area contributed by atoms with E-state index in [0.29, 0.717) is 6.54 Å². The van der Waals surface area contributed by atoms with Crippen LogP contribution in [0.15, 0.2) is 0 Å². The molecule has 3 N–H and O–H groups in total. The van der Waals surface area contributed by atoms with E-state index in [1.54, 1.807) is 6.92 Å². The highest BCUT2D eigenvalue weighted by atomic mass is 19.4. The Bertz CT molecular complexity index is 184. The number of halogens is 3. The molecule has 0 aliphatic heterocycles. The minimum Gasteiger partial charge on any atom is -0.382 e. The zero-order valence-electron chi connectivity index (χ0n) is 7.69. The predicted octanol–water partition coefficient (Wildman–Crippen LogP) is -0.365. The van der Waals surface area contributed by atoms with E-state index in [9.17, 15) is 18.0 Å². The van der Waals surface area contributed by atoms with Gasteiger partial charge in [-0.15, -0.1) is 0 Å². The van der Waals surface area contributed by atoms with Crippen LogP contribution in [0.25, 0.3) is 0 Å². The van der Waals surface area contributed by atoms with Crippen molar-refractivity contribution in [1.82, 2.24) is 10.6 Å². The van der Waals surface area contributed by atoms with Crippen LogP contribution in [0.5, 0.6) is 0 Å². The maximum Gasteiger partial charge on any atom is 0.415 e. The first-order chi connectivity index (χ1) is 6.38. The normalized spacial score (nSPS) is 13.8.